The number of hydrogen-bond donors (Lipinski definition) is 16. The van der Waals surface area contributed by atoms with E-state index in [4.69, 9.17) is 39.9 Å². The lowest BCUT2D eigenvalue weighted by molar-refractivity contribution is -0.243. The first-order valence-corrected chi connectivity index (χ1v) is 29.6. The van der Waals surface area contributed by atoms with Crippen molar-refractivity contribution in [2.24, 2.45) is 11.5 Å². The number of fused-ring (bicyclic) bond motifs is 14. The fourth-order valence-corrected chi connectivity index (χ4v) is 11.9. The van der Waals surface area contributed by atoms with E-state index in [2.05, 4.69) is 31.9 Å². The average Bonchev–Trinajstić information content (AvgIpc) is 0.784. The SMILES string of the molecule is COC(=O)C1NC(=O)[C@H]2NC(=O)[C@H](NC(=O)[C@@H]3NC(=O)C4NC(=O)[C@H](NC(=O)[C@@H](N)c5ccc(O)c(c5)Oc5cc4cc(O)c5C)[C@H](O)c4ccc(cc4)Oc4cc3cc(c4O)Oc3ccc(cc3)[C@H]2O[C@H]2C[C@@H](N)[C@@H](O)[C@H](C)O2)c2ccc(O)c(c2)-c2c(O)cc(O)cc21. The molecular formula is C66H62N8O21. The quantitative estimate of drug-likeness (QED) is 0.113. The number of rotatable bonds is 3. The summed E-state index contributed by atoms with van der Waals surface area (Å²) in [5.74, 6) is -13.8. The zero-order valence-electron chi connectivity index (χ0n) is 50.3. The maximum absolute atomic E-state index is 16.0. The monoisotopic (exact) mass is 1300 g/mol. The number of phenols is 6. The van der Waals surface area contributed by atoms with Crippen LogP contribution in [0.4, 0.5) is 0 Å². The minimum absolute atomic E-state index is 0.00324. The number of hydrogen-bond acceptors (Lipinski definition) is 23. The van der Waals surface area contributed by atoms with Crippen molar-refractivity contribution in [3.05, 3.63) is 166 Å². The molecule has 0 aliphatic carbocycles. The first-order valence-electron chi connectivity index (χ1n) is 29.6. The summed E-state index contributed by atoms with van der Waals surface area (Å²) < 4.78 is 36.6. The summed E-state index contributed by atoms with van der Waals surface area (Å²) in [4.78, 5) is 106. The highest BCUT2D eigenvalue weighted by molar-refractivity contribution is 6.00. The molecule has 1 fully saturated rings. The van der Waals surface area contributed by atoms with Gasteiger partial charge in [-0.2, -0.15) is 0 Å². The molecule has 29 heteroatoms. The predicted molar refractivity (Wildman–Crippen MR) is 327 cm³/mol. The van der Waals surface area contributed by atoms with Crippen LogP contribution in [0.25, 0.3) is 11.1 Å². The largest absolute Gasteiger partial charge is 0.508 e. The van der Waals surface area contributed by atoms with Crippen LogP contribution < -0.4 is 57.6 Å². The molecule has 7 aromatic rings. The smallest absolute Gasteiger partial charge is 0.333 e. The lowest BCUT2D eigenvalue weighted by Crippen LogP contribution is -2.57. The van der Waals surface area contributed by atoms with E-state index in [9.17, 15) is 50.4 Å². The molecule has 2 unspecified atom stereocenters. The van der Waals surface area contributed by atoms with Gasteiger partial charge in [0.2, 0.25) is 41.2 Å². The molecule has 95 heavy (non-hydrogen) atoms. The Balaban J connectivity index is 1.08. The second kappa shape index (κ2) is 25.4. The summed E-state index contributed by atoms with van der Waals surface area (Å²) in [6.45, 7) is 2.94. The maximum atomic E-state index is 16.0. The third kappa shape index (κ3) is 12.4. The number of methoxy groups -OCH3 is 1. The molecular weight excluding hydrogens is 1240 g/mol. The minimum Gasteiger partial charge on any atom is -0.508 e. The Morgan fingerprint density at radius 3 is 1.71 bits per heavy atom. The zero-order chi connectivity index (χ0) is 67.6. The van der Waals surface area contributed by atoms with Crippen molar-refractivity contribution in [2.75, 3.05) is 7.11 Å². The number of nitrogens with two attached hydrogens (primary N) is 2. The molecule has 492 valence electrons. The van der Waals surface area contributed by atoms with E-state index >= 15 is 24.0 Å². The minimum atomic E-state index is -2.17. The van der Waals surface area contributed by atoms with Crippen LogP contribution >= 0.6 is 0 Å². The Morgan fingerprint density at radius 2 is 1.06 bits per heavy atom. The highest BCUT2D eigenvalue weighted by Crippen LogP contribution is 2.48. The molecule has 7 aromatic carbocycles. The normalized spacial score (nSPS) is 25.8. The second-order valence-corrected chi connectivity index (χ2v) is 23.3. The van der Waals surface area contributed by atoms with Crippen molar-refractivity contribution in [3.8, 4) is 80.1 Å². The molecule has 13 atom stereocenters. The van der Waals surface area contributed by atoms with Crippen molar-refractivity contribution < 1.29 is 103 Å². The molecule has 0 radical (unpaired) electrons. The van der Waals surface area contributed by atoms with Gasteiger partial charge in [-0.1, -0.05) is 36.4 Å². The number of esters is 1. The Hall–Kier alpha value is -11.2. The molecule has 17 bridgehead atoms. The van der Waals surface area contributed by atoms with Gasteiger partial charge in [-0.3, -0.25) is 28.8 Å². The lowest BCUT2D eigenvalue weighted by Gasteiger charge is -2.39. The number of carbonyl (C=O) groups excluding carboxylic acids is 7. The van der Waals surface area contributed by atoms with Crippen LogP contribution in [0.1, 0.15) is 100 Å². The van der Waals surface area contributed by atoms with Crippen molar-refractivity contribution in [2.45, 2.75) is 99.3 Å². The fourth-order valence-electron chi connectivity index (χ4n) is 11.9. The van der Waals surface area contributed by atoms with Gasteiger partial charge in [0.1, 0.15) is 88.7 Å². The van der Waals surface area contributed by atoms with Crippen molar-refractivity contribution in [1.82, 2.24) is 31.9 Å². The predicted octanol–water partition coefficient (Wildman–Crippen LogP) is 3.41. The van der Waals surface area contributed by atoms with E-state index in [-0.39, 0.29) is 79.5 Å². The van der Waals surface area contributed by atoms with Crippen molar-refractivity contribution in [3.63, 3.8) is 0 Å². The van der Waals surface area contributed by atoms with E-state index in [1.165, 1.54) is 92.7 Å². The number of phenolic OH excluding ortho intramolecular Hbond substituents is 6. The molecule has 7 aliphatic heterocycles. The van der Waals surface area contributed by atoms with Gasteiger partial charge in [0.15, 0.2) is 35.3 Å². The molecule has 6 amide bonds. The summed E-state index contributed by atoms with van der Waals surface area (Å²) in [5.41, 5.74) is 11.1. The van der Waals surface area contributed by atoms with Crippen LogP contribution in [-0.2, 0) is 47.8 Å². The van der Waals surface area contributed by atoms with Crippen LogP contribution in [0.15, 0.2) is 121 Å². The highest BCUT2D eigenvalue weighted by Gasteiger charge is 2.45. The molecule has 0 saturated carbocycles. The van der Waals surface area contributed by atoms with Gasteiger partial charge in [0.05, 0.1) is 19.3 Å². The number of carbonyl (C=O) groups is 7. The third-order valence-electron chi connectivity index (χ3n) is 17.1. The van der Waals surface area contributed by atoms with E-state index in [0.717, 1.165) is 49.6 Å². The second-order valence-electron chi connectivity index (χ2n) is 23.3. The first kappa shape index (κ1) is 63.9. The van der Waals surface area contributed by atoms with Crippen LogP contribution in [0.5, 0.6) is 69.0 Å². The summed E-state index contributed by atoms with van der Waals surface area (Å²) >= 11 is 0. The van der Waals surface area contributed by atoms with Gasteiger partial charge in [0.25, 0.3) is 0 Å². The first-order chi connectivity index (χ1) is 45.3. The number of ether oxygens (including phenoxy) is 6. The third-order valence-corrected chi connectivity index (χ3v) is 17.1. The summed E-state index contributed by atoms with van der Waals surface area (Å²) in [6, 6.07) is 9.44. The van der Waals surface area contributed by atoms with Gasteiger partial charge in [-0.15, -0.1) is 0 Å². The topological polar surface area (TPSA) is 461 Å². The molecule has 0 aromatic heterocycles. The fraction of sp³-hybridized carbons (Fsp3) is 0.258. The Labute approximate surface area is 538 Å². The standard InChI is InChI=1S/C66H62N8O21/c1-25-41(78)17-31-19-43(25)94-44-18-29(8-15-40(44)77)49(68)60(83)73-54-57(81)27-4-10-34(11-5-27)92-45-20-32-21-46(58(45)82)93-35-12-6-28(7-13-35)59(95-47-24-38(67)56(80)26(2)91-47)55-65(88)72-53(66(89)90-3)37-22-33(75)23-42(79)48(37)36-16-30(9-14-39(36)76)50(61(84)74-55)69-63(86)52(32)70-62(85)51(31)71-64(54)87/h4-23,26,38,47,49-57,59,75-82H,24,67-68H2,1-3H3,(H,69,86)(H,70,85)(H,71,87)(H,72,88)(H,73,83)(H,74,84)/t26-,38+,47-,49-,50+,51?,52+,53?,54+,55-,56-,57+,59+/m0/s1. The summed E-state index contributed by atoms with van der Waals surface area (Å²) in [6.07, 6.45) is -7.32. The molecule has 29 nitrogen and oxygen atoms in total. The van der Waals surface area contributed by atoms with Gasteiger partial charge in [-0.05, 0) is 126 Å². The number of aromatic hydroxyl groups is 6. The van der Waals surface area contributed by atoms with Crippen molar-refractivity contribution >= 4 is 41.4 Å². The van der Waals surface area contributed by atoms with Crippen LogP contribution in [0.3, 0.4) is 0 Å². The number of benzene rings is 7. The van der Waals surface area contributed by atoms with Crippen LogP contribution in [0.2, 0.25) is 0 Å². The van der Waals surface area contributed by atoms with E-state index in [1.807, 2.05) is 0 Å². The number of amides is 6. The maximum Gasteiger partial charge on any atom is 0.333 e. The van der Waals surface area contributed by atoms with Crippen LogP contribution in [-0.4, -0.2) is 126 Å². The van der Waals surface area contributed by atoms with E-state index in [1.54, 1.807) is 0 Å². The number of nitrogens with one attached hydrogen (secondary N) is 6. The van der Waals surface area contributed by atoms with E-state index < -0.39 is 172 Å². The Bertz CT molecular complexity index is 4270. The molecule has 7 aliphatic rings. The number of aliphatic hydroxyl groups excluding tert-OH is 2. The molecule has 1 saturated heterocycles. The molecule has 14 rings (SSSR count). The van der Waals surface area contributed by atoms with Gasteiger partial charge >= 0.3 is 5.97 Å². The summed E-state index contributed by atoms with van der Waals surface area (Å²) in [7, 11) is 0.985. The van der Waals surface area contributed by atoms with Crippen LogP contribution in [0, 0.1) is 6.92 Å². The highest BCUT2D eigenvalue weighted by atomic mass is 16.7. The average molecular weight is 1300 g/mol. The molecule has 18 N–H and O–H groups in total. The van der Waals surface area contributed by atoms with Crippen molar-refractivity contribution in [1.29, 1.82) is 0 Å². The number of aliphatic hydroxyl groups is 2. The Morgan fingerprint density at radius 1 is 0.526 bits per heavy atom. The van der Waals surface area contributed by atoms with Gasteiger partial charge < -0.3 is 113 Å². The Kier molecular flexibility index (Phi) is 17.1. The van der Waals surface area contributed by atoms with Gasteiger partial charge in [0, 0.05) is 40.8 Å². The lowest BCUT2D eigenvalue weighted by atomic mass is 9.89. The van der Waals surface area contributed by atoms with Gasteiger partial charge in [-0.25, -0.2) is 4.79 Å². The molecule has 0 spiro atoms. The summed E-state index contributed by atoms with van der Waals surface area (Å²) in [5, 5.41) is 108. The van der Waals surface area contributed by atoms with E-state index in [0.29, 0.717) is 0 Å². The zero-order valence-corrected chi connectivity index (χ0v) is 50.3. The molecule has 7 heterocycles.